The van der Waals surface area contributed by atoms with Crippen LogP contribution in [-0.4, -0.2) is 100 Å². The zero-order chi connectivity index (χ0) is 45.7. The Kier molecular flexibility index (Phi) is 13.4. The first-order chi connectivity index (χ1) is 30.8. The number of nitrogens with zero attached hydrogens (tertiary/aromatic N) is 9. The van der Waals surface area contributed by atoms with Crippen molar-refractivity contribution in [1.29, 1.82) is 0 Å². The van der Waals surface area contributed by atoms with Crippen LogP contribution in [-0.2, 0) is 31.0 Å². The lowest BCUT2D eigenvalue weighted by molar-refractivity contribution is -0.135. The van der Waals surface area contributed by atoms with Crippen LogP contribution >= 0.6 is 0 Å². The number of nitrogens with one attached hydrogen (secondary N) is 3. The van der Waals surface area contributed by atoms with Gasteiger partial charge in [0.25, 0.3) is 11.8 Å². The number of primary amides is 2. The number of hydrazine groups is 1. The quantitative estimate of drug-likeness (QED) is 0.0612. The molecule has 0 aliphatic carbocycles. The second-order valence-corrected chi connectivity index (χ2v) is 15.2. The molecule has 1 saturated heterocycles. The minimum Gasteiger partial charge on any atom is -0.494 e. The molecule has 7 N–H and O–H groups in total. The molecule has 6 aromatic rings. The smallest absolute Gasteiger partial charge is 0.276 e. The summed E-state index contributed by atoms with van der Waals surface area (Å²) in [5.41, 5.74) is 18.4. The Balaban J connectivity index is 1.24. The first-order valence-electron chi connectivity index (χ1n) is 21.1. The van der Waals surface area contributed by atoms with Gasteiger partial charge in [-0.25, -0.2) is 15.4 Å². The summed E-state index contributed by atoms with van der Waals surface area (Å²) in [5.74, 6) is -1.45. The molecule has 4 aromatic heterocycles. The summed E-state index contributed by atoms with van der Waals surface area (Å²) in [6, 6.07) is 9.43. The van der Waals surface area contributed by atoms with Crippen LogP contribution in [0.25, 0.3) is 22.1 Å². The molecule has 1 fully saturated rings. The van der Waals surface area contributed by atoms with E-state index >= 15 is 0 Å². The second-order valence-electron chi connectivity index (χ2n) is 15.2. The Bertz CT molecular complexity index is 2790. The number of aromatic nitrogens is 8. The zero-order valence-corrected chi connectivity index (χ0v) is 36.4. The summed E-state index contributed by atoms with van der Waals surface area (Å²) in [6.07, 6.45) is 6.21. The zero-order valence-electron chi connectivity index (χ0n) is 36.4. The van der Waals surface area contributed by atoms with E-state index in [0.717, 1.165) is 19.4 Å². The average molecular weight is 877 g/mol. The van der Waals surface area contributed by atoms with Crippen molar-refractivity contribution in [1.82, 2.24) is 49.1 Å². The van der Waals surface area contributed by atoms with E-state index in [-0.39, 0.29) is 60.8 Å². The van der Waals surface area contributed by atoms with Crippen molar-refractivity contribution in [3.8, 4) is 11.5 Å². The van der Waals surface area contributed by atoms with Crippen molar-refractivity contribution in [2.24, 2.45) is 11.5 Å². The second kappa shape index (κ2) is 19.2. The number of amides is 5. The Morgan fingerprint density at radius 3 is 1.73 bits per heavy atom. The number of hydrogen-bond donors (Lipinski definition) is 5. The molecule has 1 aliphatic heterocycles. The first kappa shape index (κ1) is 44.5. The number of imidazole rings is 2. The van der Waals surface area contributed by atoms with E-state index < -0.39 is 23.6 Å². The number of carbonyl (C=O) groups excluding carboxylic acids is 5. The van der Waals surface area contributed by atoms with Crippen molar-refractivity contribution in [2.45, 2.75) is 79.6 Å². The number of carbonyl (C=O) groups is 5. The van der Waals surface area contributed by atoms with Gasteiger partial charge in [-0.15, -0.1) is 0 Å². The summed E-state index contributed by atoms with van der Waals surface area (Å²) < 4.78 is 18.6. The predicted molar refractivity (Wildman–Crippen MR) is 237 cm³/mol. The van der Waals surface area contributed by atoms with Crippen LogP contribution in [0.2, 0.25) is 0 Å². The maximum atomic E-state index is 13.8. The standard InChI is InChI=1S/C43H52N14O7/c1-6-55-31(19-25(3)51-55)40(61)49-42-47-29-21-27(38(44)59)23-33(63-5)36(29)53(42)15-10-11-16-54-37-30(48-43(54)50-41(62)32-20-26(4)52-56(32)7-2)22-28(39(45)60)24-34(37)64-18-12-13-35(58)57-17-9-8-14-46-57/h10-11,19-24,46H,6-9,12-18H2,1-5H3,(H2,44,59)(H2,45,60)(H,47,49,61)(H,48,50,62)/b11-10+. The number of benzene rings is 2. The molecule has 0 radical (unpaired) electrons. The molecule has 0 saturated carbocycles. The highest BCUT2D eigenvalue weighted by molar-refractivity contribution is 6.05. The van der Waals surface area contributed by atoms with E-state index in [1.54, 1.807) is 49.5 Å². The van der Waals surface area contributed by atoms with Gasteiger partial charge in [-0.3, -0.25) is 49.0 Å². The van der Waals surface area contributed by atoms with Crippen LogP contribution in [0.1, 0.15) is 92.6 Å². The van der Waals surface area contributed by atoms with Gasteiger partial charge in [0, 0.05) is 56.8 Å². The van der Waals surface area contributed by atoms with Gasteiger partial charge < -0.3 is 30.1 Å². The molecule has 336 valence electrons. The van der Waals surface area contributed by atoms with Crippen molar-refractivity contribution in [3.63, 3.8) is 0 Å². The number of rotatable bonds is 18. The lowest BCUT2D eigenvalue weighted by Crippen LogP contribution is -2.46. The Labute approximate surface area is 367 Å². The number of ether oxygens (including phenoxy) is 2. The third-order valence-electron chi connectivity index (χ3n) is 10.7. The molecule has 0 bridgehead atoms. The van der Waals surface area contributed by atoms with Crippen molar-refractivity contribution in [3.05, 3.63) is 82.5 Å². The summed E-state index contributed by atoms with van der Waals surface area (Å²) in [5, 5.41) is 16.3. The molecule has 2 aromatic carbocycles. The fraction of sp³-hybridized carbons (Fsp3) is 0.372. The predicted octanol–water partition coefficient (Wildman–Crippen LogP) is 3.69. The van der Waals surface area contributed by atoms with E-state index in [4.69, 9.17) is 25.9 Å². The Hall–Kier alpha value is -7.55. The average Bonchev–Trinajstić information content (AvgIpc) is 4.05. The molecular formula is C43H52N14O7. The van der Waals surface area contributed by atoms with E-state index in [1.807, 2.05) is 26.0 Å². The van der Waals surface area contributed by atoms with Crippen molar-refractivity contribution >= 4 is 63.5 Å². The maximum absolute atomic E-state index is 13.8. The van der Waals surface area contributed by atoms with Crippen molar-refractivity contribution in [2.75, 3.05) is 37.4 Å². The maximum Gasteiger partial charge on any atom is 0.276 e. The molecular weight excluding hydrogens is 825 g/mol. The fourth-order valence-corrected chi connectivity index (χ4v) is 7.63. The van der Waals surface area contributed by atoms with E-state index in [2.05, 4.69) is 31.2 Å². The Morgan fingerprint density at radius 1 is 0.750 bits per heavy atom. The topological polar surface area (TPSA) is 266 Å². The Morgan fingerprint density at radius 2 is 1.27 bits per heavy atom. The summed E-state index contributed by atoms with van der Waals surface area (Å²) in [6.45, 7) is 10.0. The molecule has 0 spiro atoms. The van der Waals surface area contributed by atoms with Gasteiger partial charge in [0.2, 0.25) is 29.6 Å². The lowest BCUT2D eigenvalue weighted by atomic mass is 10.1. The van der Waals surface area contributed by atoms with Gasteiger partial charge in [-0.2, -0.15) is 10.2 Å². The van der Waals surface area contributed by atoms with Gasteiger partial charge in [-0.05, 0) is 83.4 Å². The third kappa shape index (κ3) is 9.43. The molecule has 5 amide bonds. The van der Waals surface area contributed by atoms with Gasteiger partial charge in [0.15, 0.2) is 0 Å². The number of allylic oxidation sites excluding steroid dienone is 2. The van der Waals surface area contributed by atoms with E-state index in [9.17, 15) is 24.0 Å². The van der Waals surface area contributed by atoms with Crippen LogP contribution in [0.3, 0.4) is 0 Å². The lowest BCUT2D eigenvalue weighted by Gasteiger charge is -2.27. The molecule has 1 aliphatic rings. The minimum atomic E-state index is -0.705. The fourth-order valence-electron chi connectivity index (χ4n) is 7.63. The van der Waals surface area contributed by atoms with Gasteiger partial charge in [0.1, 0.15) is 33.9 Å². The number of methoxy groups -OCH3 is 1. The minimum absolute atomic E-state index is 0.0388. The number of aryl methyl sites for hydroxylation is 4. The number of fused-ring (bicyclic) bond motifs is 2. The van der Waals surface area contributed by atoms with Gasteiger partial charge in [-0.1, -0.05) is 12.2 Å². The van der Waals surface area contributed by atoms with Crippen LogP contribution < -0.4 is 37.0 Å². The van der Waals surface area contributed by atoms with Crippen LogP contribution in [0.5, 0.6) is 11.5 Å². The highest BCUT2D eigenvalue weighted by atomic mass is 16.5. The summed E-state index contributed by atoms with van der Waals surface area (Å²) >= 11 is 0. The molecule has 64 heavy (non-hydrogen) atoms. The van der Waals surface area contributed by atoms with Crippen LogP contribution in [0.15, 0.2) is 48.6 Å². The molecule has 0 atom stereocenters. The largest absolute Gasteiger partial charge is 0.494 e. The van der Waals surface area contributed by atoms with E-state index in [0.29, 0.717) is 76.6 Å². The van der Waals surface area contributed by atoms with Crippen LogP contribution in [0, 0.1) is 13.8 Å². The number of anilines is 2. The SMILES string of the molecule is CCn1nc(C)cc1C(=O)Nc1nc2cc(C(N)=O)cc(OC)c2n1C/C=C/Cn1c(NC(=O)c2cc(C)nn2CC)nc2cc(C(N)=O)cc(OCCCC(=O)N3CCCCN3)c21. The first-order valence-corrected chi connectivity index (χ1v) is 21.1. The van der Waals surface area contributed by atoms with Crippen molar-refractivity contribution < 1.29 is 33.4 Å². The van der Waals surface area contributed by atoms with Gasteiger partial charge >= 0.3 is 0 Å². The summed E-state index contributed by atoms with van der Waals surface area (Å²) in [7, 11) is 1.45. The van der Waals surface area contributed by atoms with Gasteiger partial charge in [0.05, 0.1) is 36.1 Å². The molecule has 21 heteroatoms. The monoisotopic (exact) mass is 876 g/mol. The number of nitrogens with two attached hydrogens (primary N) is 2. The molecule has 7 rings (SSSR count). The summed E-state index contributed by atoms with van der Waals surface area (Å²) in [4.78, 5) is 74.6. The highest BCUT2D eigenvalue weighted by Gasteiger charge is 2.24. The van der Waals surface area contributed by atoms with Crippen LogP contribution in [0.4, 0.5) is 11.9 Å². The molecule has 21 nitrogen and oxygen atoms in total. The molecule has 0 unspecified atom stereocenters. The normalized spacial score (nSPS) is 12.9. The van der Waals surface area contributed by atoms with E-state index in [1.165, 1.54) is 31.4 Å². The number of hydrogen-bond acceptors (Lipinski definition) is 12. The molecule has 5 heterocycles. The third-order valence-corrected chi connectivity index (χ3v) is 10.7. The highest BCUT2D eigenvalue weighted by Crippen LogP contribution is 2.33.